The monoisotopic (exact) mass is 344 g/mol. The van der Waals surface area contributed by atoms with E-state index in [9.17, 15) is 14.4 Å². The first-order valence-corrected chi connectivity index (χ1v) is 6.88. The highest BCUT2D eigenvalue weighted by atomic mass is 79.9. The summed E-state index contributed by atoms with van der Waals surface area (Å²) in [6.45, 7) is 0. The summed E-state index contributed by atoms with van der Waals surface area (Å²) in [6, 6.07) is 11.2. The van der Waals surface area contributed by atoms with Crippen LogP contribution >= 0.6 is 15.9 Å². The number of imide groups is 3. The number of rotatable bonds is 1. The van der Waals surface area contributed by atoms with E-state index in [0.29, 0.717) is 9.37 Å². The summed E-state index contributed by atoms with van der Waals surface area (Å²) in [6.07, 6.45) is 0. The lowest BCUT2D eigenvalue weighted by Crippen LogP contribution is -2.36. The van der Waals surface area contributed by atoms with Gasteiger partial charge in [-0.3, -0.25) is 14.4 Å². The Morgan fingerprint density at radius 3 is 2.38 bits per heavy atom. The molecule has 0 spiro atoms. The van der Waals surface area contributed by atoms with Gasteiger partial charge in [0.05, 0.1) is 16.7 Å². The lowest BCUT2D eigenvalue weighted by molar-refractivity contribution is 0.0566. The van der Waals surface area contributed by atoms with Gasteiger partial charge < -0.3 is 5.73 Å². The number of fused-ring (bicyclic) bond motifs is 1. The number of nitrogens with two attached hydrogens (primary N) is 1. The van der Waals surface area contributed by atoms with Crippen molar-refractivity contribution >= 4 is 39.3 Å². The van der Waals surface area contributed by atoms with Crippen LogP contribution in [0.1, 0.15) is 31.1 Å². The summed E-state index contributed by atoms with van der Waals surface area (Å²) in [7, 11) is 0. The van der Waals surface area contributed by atoms with Crippen molar-refractivity contribution in [2.75, 3.05) is 5.73 Å². The molecule has 0 fully saturated rings. The van der Waals surface area contributed by atoms with Crippen molar-refractivity contribution in [3.63, 3.8) is 0 Å². The van der Waals surface area contributed by atoms with Crippen LogP contribution in [0.5, 0.6) is 0 Å². The molecule has 6 heteroatoms. The minimum Gasteiger partial charge on any atom is -0.398 e. The summed E-state index contributed by atoms with van der Waals surface area (Å²) in [5.74, 6) is -2.01. The summed E-state index contributed by atoms with van der Waals surface area (Å²) in [5.41, 5.74) is 6.40. The molecule has 104 valence electrons. The van der Waals surface area contributed by atoms with Crippen LogP contribution in [0, 0.1) is 0 Å². The van der Waals surface area contributed by atoms with Gasteiger partial charge in [0, 0.05) is 10.2 Å². The molecule has 0 unspecified atom stereocenters. The van der Waals surface area contributed by atoms with Crippen LogP contribution < -0.4 is 5.73 Å². The summed E-state index contributed by atoms with van der Waals surface area (Å²) in [4.78, 5) is 37.7. The first-order chi connectivity index (χ1) is 10.0. The zero-order chi connectivity index (χ0) is 15.1. The summed E-state index contributed by atoms with van der Waals surface area (Å²) < 4.78 is 0.513. The first kappa shape index (κ1) is 13.5. The van der Waals surface area contributed by atoms with Crippen LogP contribution in [-0.2, 0) is 0 Å². The van der Waals surface area contributed by atoms with Gasteiger partial charge in [-0.15, -0.1) is 0 Å². The smallest absolute Gasteiger partial charge is 0.270 e. The Morgan fingerprint density at radius 2 is 1.71 bits per heavy atom. The van der Waals surface area contributed by atoms with E-state index in [4.69, 9.17) is 5.73 Å². The fourth-order valence-electron chi connectivity index (χ4n) is 2.25. The van der Waals surface area contributed by atoms with Gasteiger partial charge in [0.25, 0.3) is 17.7 Å². The van der Waals surface area contributed by atoms with E-state index in [1.165, 1.54) is 12.1 Å². The SMILES string of the molecule is Nc1cccc2c1C(=O)N(C(=O)c1ccccc1Br)C2=O. The molecule has 21 heavy (non-hydrogen) atoms. The zero-order valence-electron chi connectivity index (χ0n) is 10.7. The molecule has 2 aromatic rings. The van der Waals surface area contributed by atoms with Gasteiger partial charge in [-0.1, -0.05) is 18.2 Å². The molecular weight excluding hydrogens is 336 g/mol. The van der Waals surface area contributed by atoms with Gasteiger partial charge in [0.2, 0.25) is 0 Å². The third kappa shape index (κ3) is 1.95. The van der Waals surface area contributed by atoms with E-state index in [1.54, 1.807) is 30.3 Å². The predicted molar refractivity (Wildman–Crippen MR) is 79.8 cm³/mol. The Bertz CT molecular complexity index is 801. The van der Waals surface area contributed by atoms with Crippen molar-refractivity contribution in [3.05, 3.63) is 63.6 Å². The molecule has 0 bridgehead atoms. The molecule has 0 aliphatic carbocycles. The van der Waals surface area contributed by atoms with Crippen LogP contribution in [0.25, 0.3) is 0 Å². The summed E-state index contributed by atoms with van der Waals surface area (Å²) >= 11 is 3.24. The van der Waals surface area contributed by atoms with Crippen molar-refractivity contribution in [3.8, 4) is 0 Å². The number of halogens is 1. The quantitative estimate of drug-likeness (QED) is 0.636. The van der Waals surface area contributed by atoms with Crippen molar-refractivity contribution < 1.29 is 14.4 Å². The molecule has 3 amide bonds. The van der Waals surface area contributed by atoms with E-state index in [1.807, 2.05) is 0 Å². The summed E-state index contributed by atoms with van der Waals surface area (Å²) in [5, 5.41) is 0. The highest BCUT2D eigenvalue weighted by molar-refractivity contribution is 9.10. The minimum absolute atomic E-state index is 0.0860. The highest BCUT2D eigenvalue weighted by Gasteiger charge is 2.41. The second kappa shape index (κ2) is 4.82. The third-order valence-electron chi connectivity index (χ3n) is 3.25. The predicted octanol–water partition coefficient (Wildman–Crippen LogP) is 2.47. The fourth-order valence-corrected chi connectivity index (χ4v) is 2.71. The van der Waals surface area contributed by atoms with E-state index >= 15 is 0 Å². The van der Waals surface area contributed by atoms with Gasteiger partial charge in [0.15, 0.2) is 0 Å². The number of hydrogen-bond donors (Lipinski definition) is 1. The molecule has 0 aromatic heterocycles. The topological polar surface area (TPSA) is 80.5 Å². The molecule has 1 aliphatic rings. The van der Waals surface area contributed by atoms with Gasteiger partial charge >= 0.3 is 0 Å². The minimum atomic E-state index is -0.686. The fraction of sp³-hybridized carbons (Fsp3) is 0. The van der Waals surface area contributed by atoms with Gasteiger partial charge in [0.1, 0.15) is 0 Å². The van der Waals surface area contributed by atoms with E-state index in [0.717, 1.165) is 0 Å². The number of carbonyl (C=O) groups is 3. The average Bonchev–Trinajstić information content (AvgIpc) is 2.72. The van der Waals surface area contributed by atoms with Crippen LogP contribution in [-0.4, -0.2) is 22.6 Å². The molecule has 1 aliphatic heterocycles. The lowest BCUT2D eigenvalue weighted by Gasteiger charge is -2.12. The van der Waals surface area contributed by atoms with Crippen LogP contribution in [0.4, 0.5) is 5.69 Å². The van der Waals surface area contributed by atoms with Crippen molar-refractivity contribution in [2.45, 2.75) is 0 Å². The molecule has 0 saturated carbocycles. The van der Waals surface area contributed by atoms with E-state index < -0.39 is 17.7 Å². The van der Waals surface area contributed by atoms with Gasteiger partial charge in [-0.2, -0.15) is 0 Å². The maximum absolute atomic E-state index is 12.5. The highest BCUT2D eigenvalue weighted by Crippen LogP contribution is 2.29. The Balaban J connectivity index is 2.09. The largest absolute Gasteiger partial charge is 0.398 e. The Morgan fingerprint density at radius 1 is 1.00 bits per heavy atom. The number of nitrogen functional groups attached to an aromatic ring is 1. The maximum Gasteiger partial charge on any atom is 0.270 e. The molecule has 3 rings (SSSR count). The third-order valence-corrected chi connectivity index (χ3v) is 3.95. The Hall–Kier alpha value is -2.47. The van der Waals surface area contributed by atoms with Gasteiger partial charge in [-0.05, 0) is 40.2 Å². The molecule has 5 nitrogen and oxygen atoms in total. The number of benzene rings is 2. The number of hydrogen-bond acceptors (Lipinski definition) is 4. The average molecular weight is 345 g/mol. The Labute approximate surface area is 128 Å². The molecule has 1 heterocycles. The maximum atomic E-state index is 12.5. The zero-order valence-corrected chi connectivity index (χ0v) is 12.3. The van der Waals surface area contributed by atoms with Crippen molar-refractivity contribution in [1.29, 1.82) is 0 Å². The standard InChI is InChI=1S/C15H9BrN2O3/c16-10-6-2-1-4-8(10)13(19)18-14(20)9-5-3-7-11(17)12(9)15(18)21/h1-7H,17H2. The molecule has 2 aromatic carbocycles. The second-order valence-corrected chi connectivity index (χ2v) is 5.35. The number of amides is 3. The van der Waals surface area contributed by atoms with Crippen LogP contribution in [0.2, 0.25) is 0 Å². The van der Waals surface area contributed by atoms with E-state index in [-0.39, 0.29) is 22.4 Å². The van der Waals surface area contributed by atoms with Crippen LogP contribution in [0.15, 0.2) is 46.9 Å². The normalized spacial score (nSPS) is 13.5. The molecule has 0 saturated heterocycles. The molecule has 0 atom stereocenters. The molecule has 2 N–H and O–H groups in total. The second-order valence-electron chi connectivity index (χ2n) is 4.50. The van der Waals surface area contributed by atoms with E-state index in [2.05, 4.69) is 15.9 Å². The first-order valence-electron chi connectivity index (χ1n) is 6.08. The van der Waals surface area contributed by atoms with Crippen molar-refractivity contribution in [2.24, 2.45) is 0 Å². The number of carbonyl (C=O) groups excluding carboxylic acids is 3. The number of anilines is 1. The lowest BCUT2D eigenvalue weighted by atomic mass is 10.1. The Kier molecular flexibility index (Phi) is 3.10. The number of nitrogens with zero attached hydrogens (tertiary/aromatic N) is 1. The van der Waals surface area contributed by atoms with Crippen molar-refractivity contribution in [1.82, 2.24) is 4.90 Å². The molecular formula is C15H9BrN2O3. The molecule has 0 radical (unpaired) electrons. The van der Waals surface area contributed by atoms with Gasteiger partial charge in [-0.25, -0.2) is 4.90 Å². The van der Waals surface area contributed by atoms with Crippen LogP contribution in [0.3, 0.4) is 0 Å².